The molecule has 0 saturated heterocycles. The summed E-state index contributed by atoms with van der Waals surface area (Å²) in [6.45, 7) is 0.135. The van der Waals surface area contributed by atoms with Gasteiger partial charge in [-0.3, -0.25) is 0 Å². The van der Waals surface area contributed by atoms with E-state index in [1.807, 2.05) is 19.2 Å². The van der Waals surface area contributed by atoms with E-state index in [0.717, 1.165) is 5.56 Å². The van der Waals surface area contributed by atoms with Crippen LogP contribution in [0, 0.1) is 0 Å². The molecule has 0 spiro atoms. The summed E-state index contributed by atoms with van der Waals surface area (Å²) in [5.74, 6) is 0. The van der Waals surface area contributed by atoms with Gasteiger partial charge in [0.15, 0.2) is 0 Å². The molecule has 2 nitrogen and oxygen atoms in total. The molecule has 0 aliphatic heterocycles. The first-order valence-corrected chi connectivity index (χ1v) is 5.17. The molecule has 1 aromatic rings. The van der Waals surface area contributed by atoms with Crippen LogP contribution in [0.3, 0.4) is 0 Å². The van der Waals surface area contributed by atoms with Gasteiger partial charge in [0.05, 0.1) is 0 Å². The number of hydrogen-bond acceptors (Lipinski definition) is 2. The highest BCUT2D eigenvalue weighted by atomic mass is 35.5. The van der Waals surface area contributed by atoms with Crippen LogP contribution in [0.15, 0.2) is 18.2 Å². The average Bonchev–Trinajstić information content (AvgIpc) is 2.12. The van der Waals surface area contributed by atoms with Gasteiger partial charge in [0.2, 0.25) is 0 Å². The van der Waals surface area contributed by atoms with Crippen LogP contribution in [0.1, 0.15) is 18.0 Å². The number of aliphatic hydroxyl groups excluding tert-OH is 1. The Balaban J connectivity index is 2.91. The van der Waals surface area contributed by atoms with Crippen LogP contribution in [0.4, 0.5) is 0 Å². The third-order valence-electron chi connectivity index (χ3n) is 2.05. The summed E-state index contributed by atoms with van der Waals surface area (Å²) in [6, 6.07) is 5.49. The van der Waals surface area contributed by atoms with Crippen molar-refractivity contribution in [2.45, 2.75) is 12.5 Å². The molecule has 0 amide bonds. The van der Waals surface area contributed by atoms with Crippen molar-refractivity contribution < 1.29 is 5.11 Å². The Kier molecular flexibility index (Phi) is 4.69. The second-order valence-corrected chi connectivity index (χ2v) is 3.93. The summed E-state index contributed by atoms with van der Waals surface area (Å²) in [5.41, 5.74) is 0.999. The Labute approximate surface area is 93.8 Å². The van der Waals surface area contributed by atoms with Gasteiger partial charge in [-0.1, -0.05) is 23.2 Å². The third-order valence-corrected chi connectivity index (χ3v) is 2.49. The van der Waals surface area contributed by atoms with Gasteiger partial charge in [0, 0.05) is 22.7 Å². The summed E-state index contributed by atoms with van der Waals surface area (Å²) in [7, 11) is 1.84. The van der Waals surface area contributed by atoms with Crippen molar-refractivity contribution >= 4 is 23.2 Å². The fourth-order valence-corrected chi connectivity index (χ4v) is 1.93. The molecule has 14 heavy (non-hydrogen) atoms. The minimum atomic E-state index is 0.0937. The van der Waals surface area contributed by atoms with E-state index in [-0.39, 0.29) is 12.6 Å². The summed E-state index contributed by atoms with van der Waals surface area (Å²) in [4.78, 5) is 0. The van der Waals surface area contributed by atoms with E-state index in [2.05, 4.69) is 5.32 Å². The van der Waals surface area contributed by atoms with Gasteiger partial charge < -0.3 is 10.4 Å². The van der Waals surface area contributed by atoms with Crippen molar-refractivity contribution in [1.82, 2.24) is 5.32 Å². The van der Waals surface area contributed by atoms with Crippen LogP contribution >= 0.6 is 23.2 Å². The SMILES string of the molecule is CNC(CCO)c1cc(Cl)cc(Cl)c1. The molecule has 0 aliphatic carbocycles. The number of hydrogen-bond donors (Lipinski definition) is 2. The van der Waals surface area contributed by atoms with Crippen LogP contribution in [-0.4, -0.2) is 18.8 Å². The van der Waals surface area contributed by atoms with Crippen molar-refractivity contribution in [2.75, 3.05) is 13.7 Å². The minimum Gasteiger partial charge on any atom is -0.396 e. The zero-order valence-corrected chi connectivity index (χ0v) is 9.44. The van der Waals surface area contributed by atoms with E-state index >= 15 is 0 Å². The molecule has 1 rings (SSSR count). The first-order valence-electron chi connectivity index (χ1n) is 4.41. The van der Waals surface area contributed by atoms with Gasteiger partial charge in [-0.05, 0) is 37.2 Å². The monoisotopic (exact) mass is 233 g/mol. The van der Waals surface area contributed by atoms with Gasteiger partial charge in [0.1, 0.15) is 0 Å². The van der Waals surface area contributed by atoms with Crippen molar-refractivity contribution in [2.24, 2.45) is 0 Å². The molecule has 0 aliphatic rings. The lowest BCUT2D eigenvalue weighted by Gasteiger charge is -2.15. The quantitative estimate of drug-likeness (QED) is 0.839. The Morgan fingerprint density at radius 3 is 2.29 bits per heavy atom. The van der Waals surface area contributed by atoms with Crippen LogP contribution in [0.2, 0.25) is 10.0 Å². The lowest BCUT2D eigenvalue weighted by atomic mass is 10.0. The van der Waals surface area contributed by atoms with Gasteiger partial charge in [0.25, 0.3) is 0 Å². The molecule has 78 valence electrons. The first kappa shape index (κ1) is 11.8. The Morgan fingerprint density at radius 1 is 1.29 bits per heavy atom. The van der Waals surface area contributed by atoms with Crippen molar-refractivity contribution in [3.63, 3.8) is 0 Å². The second-order valence-electron chi connectivity index (χ2n) is 3.06. The largest absolute Gasteiger partial charge is 0.396 e. The third kappa shape index (κ3) is 3.14. The number of benzene rings is 1. The number of nitrogens with one attached hydrogen (secondary N) is 1. The van der Waals surface area contributed by atoms with Gasteiger partial charge >= 0.3 is 0 Å². The van der Waals surface area contributed by atoms with Crippen LogP contribution in [-0.2, 0) is 0 Å². The zero-order chi connectivity index (χ0) is 10.6. The predicted octanol–water partition coefficient (Wildman–Crippen LogP) is 2.64. The average molecular weight is 234 g/mol. The molecule has 0 fully saturated rings. The van der Waals surface area contributed by atoms with Crippen LogP contribution in [0.25, 0.3) is 0 Å². The molecular weight excluding hydrogens is 221 g/mol. The molecule has 1 unspecified atom stereocenters. The summed E-state index contributed by atoms with van der Waals surface area (Å²) >= 11 is 11.8. The van der Waals surface area contributed by atoms with E-state index in [1.165, 1.54) is 0 Å². The molecule has 0 radical (unpaired) electrons. The second kappa shape index (κ2) is 5.56. The highest BCUT2D eigenvalue weighted by molar-refractivity contribution is 6.34. The van der Waals surface area contributed by atoms with Crippen LogP contribution in [0.5, 0.6) is 0 Å². The molecule has 1 aromatic carbocycles. The van der Waals surface area contributed by atoms with Gasteiger partial charge in [-0.25, -0.2) is 0 Å². The molecule has 1 atom stereocenters. The van der Waals surface area contributed by atoms with Gasteiger partial charge in [-0.15, -0.1) is 0 Å². The van der Waals surface area contributed by atoms with E-state index in [1.54, 1.807) is 6.07 Å². The van der Waals surface area contributed by atoms with E-state index in [0.29, 0.717) is 16.5 Å². The van der Waals surface area contributed by atoms with Crippen molar-refractivity contribution in [1.29, 1.82) is 0 Å². The molecule has 0 saturated carbocycles. The van der Waals surface area contributed by atoms with E-state index in [4.69, 9.17) is 28.3 Å². The predicted molar refractivity (Wildman–Crippen MR) is 60.0 cm³/mol. The highest BCUT2D eigenvalue weighted by Crippen LogP contribution is 2.24. The summed E-state index contributed by atoms with van der Waals surface area (Å²) < 4.78 is 0. The molecule has 4 heteroatoms. The van der Waals surface area contributed by atoms with Gasteiger partial charge in [-0.2, -0.15) is 0 Å². The maximum absolute atomic E-state index is 8.86. The number of aliphatic hydroxyl groups is 1. The Hall–Kier alpha value is -0.280. The maximum Gasteiger partial charge on any atom is 0.0449 e. The van der Waals surface area contributed by atoms with Crippen LogP contribution < -0.4 is 5.32 Å². The van der Waals surface area contributed by atoms with Crippen molar-refractivity contribution in [3.05, 3.63) is 33.8 Å². The fourth-order valence-electron chi connectivity index (χ4n) is 1.38. The smallest absolute Gasteiger partial charge is 0.0449 e. The Morgan fingerprint density at radius 2 is 1.86 bits per heavy atom. The number of halogens is 2. The number of rotatable bonds is 4. The highest BCUT2D eigenvalue weighted by Gasteiger charge is 2.09. The summed E-state index contributed by atoms with van der Waals surface area (Å²) in [5, 5.41) is 13.2. The standard InChI is InChI=1S/C10H13Cl2NO/c1-13-10(2-3-14)7-4-8(11)6-9(12)5-7/h4-6,10,13-14H,2-3H2,1H3. The maximum atomic E-state index is 8.86. The first-order chi connectivity index (χ1) is 6.67. The van der Waals surface area contributed by atoms with E-state index in [9.17, 15) is 0 Å². The molecule has 0 heterocycles. The minimum absolute atomic E-state index is 0.0937. The molecule has 0 aromatic heterocycles. The topological polar surface area (TPSA) is 32.3 Å². The summed E-state index contributed by atoms with van der Waals surface area (Å²) in [6.07, 6.45) is 0.646. The zero-order valence-electron chi connectivity index (χ0n) is 7.93. The molecule has 0 bridgehead atoms. The molecule has 2 N–H and O–H groups in total. The lowest BCUT2D eigenvalue weighted by molar-refractivity contribution is 0.269. The fraction of sp³-hybridized carbons (Fsp3) is 0.400. The molecular formula is C10H13Cl2NO. The Bertz CT molecular complexity index is 284. The van der Waals surface area contributed by atoms with Crippen molar-refractivity contribution in [3.8, 4) is 0 Å². The normalized spacial score (nSPS) is 12.9. The van der Waals surface area contributed by atoms with E-state index < -0.39 is 0 Å². The lowest BCUT2D eigenvalue weighted by Crippen LogP contribution is -2.17.